The first kappa shape index (κ1) is 22.2. The van der Waals surface area contributed by atoms with Gasteiger partial charge < -0.3 is 29.1 Å². The maximum atomic E-state index is 7.84. The molecule has 10 nitrogen and oxygen atoms in total. The first-order chi connectivity index (χ1) is 16.1. The zero-order chi connectivity index (χ0) is 23.5. The zero-order valence-electron chi connectivity index (χ0n) is 18.4. The van der Waals surface area contributed by atoms with Gasteiger partial charge in [-0.25, -0.2) is 0 Å². The van der Waals surface area contributed by atoms with E-state index in [0.29, 0.717) is 56.6 Å². The Morgan fingerprint density at radius 3 is 2.39 bits per heavy atom. The van der Waals surface area contributed by atoms with E-state index in [0.717, 1.165) is 0 Å². The van der Waals surface area contributed by atoms with E-state index in [9.17, 15) is 0 Å². The van der Waals surface area contributed by atoms with Crippen LogP contribution in [0.25, 0.3) is 5.70 Å². The van der Waals surface area contributed by atoms with Crippen molar-refractivity contribution in [2.75, 3.05) is 33.8 Å². The fourth-order valence-corrected chi connectivity index (χ4v) is 3.84. The van der Waals surface area contributed by atoms with Gasteiger partial charge in [-0.05, 0) is 36.4 Å². The van der Waals surface area contributed by atoms with E-state index in [1.807, 2.05) is 6.07 Å². The van der Waals surface area contributed by atoms with Crippen LogP contribution in [0.3, 0.4) is 0 Å². The molecule has 0 amide bonds. The van der Waals surface area contributed by atoms with Crippen LogP contribution in [0.5, 0.6) is 23.0 Å². The maximum Gasteiger partial charge on any atom is 0.179 e. The summed E-state index contributed by atoms with van der Waals surface area (Å²) in [5, 5.41) is 10.3. The van der Waals surface area contributed by atoms with Gasteiger partial charge in [-0.15, -0.1) is 5.06 Å². The van der Waals surface area contributed by atoms with E-state index >= 15 is 0 Å². The number of methoxy groups -OCH3 is 4. The number of benzene rings is 2. The minimum Gasteiger partial charge on any atom is -0.493 e. The fraction of sp³-hybridized carbons (Fsp3) is 0.182. The second-order valence-electron chi connectivity index (χ2n) is 6.75. The van der Waals surface area contributed by atoms with Crippen molar-refractivity contribution in [1.29, 1.82) is 5.53 Å². The summed E-state index contributed by atoms with van der Waals surface area (Å²) in [7, 11) is 6.17. The van der Waals surface area contributed by atoms with Crippen LogP contribution in [0.15, 0.2) is 65.6 Å². The molecule has 2 aliphatic rings. The van der Waals surface area contributed by atoms with E-state index in [1.54, 1.807) is 50.6 Å². The monoisotopic (exact) mass is 471 g/mol. The van der Waals surface area contributed by atoms with E-state index in [2.05, 4.69) is 10.5 Å². The number of hydrogen-bond donors (Lipinski definition) is 2. The Labute approximate surface area is 195 Å². The van der Waals surface area contributed by atoms with Crippen molar-refractivity contribution in [2.24, 2.45) is 5.22 Å². The van der Waals surface area contributed by atoms with Gasteiger partial charge in [0.25, 0.3) is 0 Å². The van der Waals surface area contributed by atoms with Crippen molar-refractivity contribution in [2.45, 2.75) is 0 Å². The van der Waals surface area contributed by atoms with Gasteiger partial charge in [0.05, 0.1) is 33.5 Å². The molecule has 172 valence electrons. The van der Waals surface area contributed by atoms with Crippen LogP contribution in [0, 0.1) is 5.53 Å². The van der Waals surface area contributed by atoms with E-state index in [1.165, 1.54) is 30.6 Å². The number of nitrogens with one attached hydrogen (secondary N) is 2. The molecule has 2 N–H and O–H groups in total. The second kappa shape index (κ2) is 9.21. The van der Waals surface area contributed by atoms with Gasteiger partial charge >= 0.3 is 0 Å². The lowest BCUT2D eigenvalue weighted by Crippen LogP contribution is -2.25. The van der Waals surface area contributed by atoms with Crippen LogP contribution in [-0.2, 0) is 4.84 Å². The van der Waals surface area contributed by atoms with Crippen LogP contribution in [0.4, 0.5) is 5.69 Å². The fourth-order valence-electron chi connectivity index (χ4n) is 3.55. The van der Waals surface area contributed by atoms with Gasteiger partial charge in [-0.2, -0.15) is 10.5 Å². The van der Waals surface area contributed by atoms with Crippen molar-refractivity contribution in [3.63, 3.8) is 0 Å². The van der Waals surface area contributed by atoms with Gasteiger partial charge in [0.1, 0.15) is 12.0 Å². The van der Waals surface area contributed by atoms with Crippen molar-refractivity contribution in [1.82, 2.24) is 10.1 Å². The molecule has 0 radical (unpaired) electrons. The quantitative estimate of drug-likeness (QED) is 0.520. The molecule has 2 aromatic rings. The summed E-state index contributed by atoms with van der Waals surface area (Å²) in [6.07, 6.45) is 5.00. The first-order valence-corrected chi connectivity index (χ1v) is 10.1. The van der Waals surface area contributed by atoms with Crippen LogP contribution < -0.4 is 24.3 Å². The minimum absolute atomic E-state index is 0.340. The number of fused-ring (bicyclic) bond motifs is 1. The maximum absolute atomic E-state index is 7.84. The molecule has 0 saturated heterocycles. The predicted molar refractivity (Wildman–Crippen MR) is 122 cm³/mol. The van der Waals surface area contributed by atoms with E-state index in [-0.39, 0.29) is 0 Å². The summed E-state index contributed by atoms with van der Waals surface area (Å²) >= 11 is 6.47. The highest BCUT2D eigenvalue weighted by molar-refractivity contribution is 6.32. The third kappa shape index (κ3) is 3.85. The Morgan fingerprint density at radius 2 is 1.73 bits per heavy atom. The topological polar surface area (TPSA) is 101 Å². The number of ether oxygens (including phenoxy) is 4. The Hall–Kier alpha value is -4.05. The largest absolute Gasteiger partial charge is 0.493 e. The van der Waals surface area contributed by atoms with Crippen molar-refractivity contribution < 1.29 is 23.8 Å². The molecule has 0 fully saturated rings. The van der Waals surface area contributed by atoms with Gasteiger partial charge in [0.15, 0.2) is 34.6 Å². The number of rotatable bonds is 8. The van der Waals surface area contributed by atoms with Crippen LogP contribution in [0.1, 0.15) is 5.56 Å². The lowest BCUT2D eigenvalue weighted by Gasteiger charge is -2.24. The van der Waals surface area contributed by atoms with Gasteiger partial charge in [0, 0.05) is 17.3 Å². The molecule has 0 spiro atoms. The summed E-state index contributed by atoms with van der Waals surface area (Å²) in [5.74, 6) is 2.99. The normalized spacial score (nSPS) is 14.4. The van der Waals surface area contributed by atoms with Crippen molar-refractivity contribution in [3.8, 4) is 23.0 Å². The number of halogens is 1. The number of nitrogens with zero attached hydrogens (tertiary/aromatic N) is 3. The molecule has 0 aliphatic carbocycles. The lowest BCUT2D eigenvalue weighted by molar-refractivity contribution is -0.0462. The molecule has 2 aliphatic heterocycles. The van der Waals surface area contributed by atoms with Crippen LogP contribution >= 0.6 is 11.6 Å². The number of allylic oxidation sites excluding steroid dienone is 2. The molecule has 0 aromatic heterocycles. The molecule has 4 rings (SSSR count). The molecule has 0 unspecified atom stereocenters. The molecule has 33 heavy (non-hydrogen) atoms. The average Bonchev–Trinajstić information content (AvgIpc) is 3.16. The molecule has 0 bridgehead atoms. The number of hydroxylamine groups is 2. The third-order valence-electron chi connectivity index (χ3n) is 5.01. The smallest absolute Gasteiger partial charge is 0.179 e. The predicted octanol–water partition coefficient (Wildman–Crippen LogP) is 4.98. The lowest BCUT2D eigenvalue weighted by atomic mass is 10.1. The number of hydrogen-bond acceptors (Lipinski definition) is 9. The molecule has 0 saturated carbocycles. The van der Waals surface area contributed by atoms with Gasteiger partial charge in [-0.3, -0.25) is 0 Å². The molecule has 2 aromatic carbocycles. The van der Waals surface area contributed by atoms with E-state index in [4.69, 9.17) is 40.9 Å². The third-order valence-corrected chi connectivity index (χ3v) is 5.29. The Kier molecular flexibility index (Phi) is 6.18. The first-order valence-electron chi connectivity index (χ1n) is 9.72. The zero-order valence-corrected chi connectivity index (χ0v) is 19.1. The Morgan fingerprint density at radius 1 is 0.970 bits per heavy atom. The SMILES string of the molecule is COc1ccc(NC2=C(c3cc(Cl)c(OC)c(OC)c3)N(N=N)C3=CC=CON32)cc1OC. The molecular formula is C22H22ClN5O5. The minimum atomic E-state index is 0.340. The molecule has 2 heterocycles. The Bertz CT molecular complexity index is 1180. The summed E-state index contributed by atoms with van der Waals surface area (Å²) < 4.78 is 21.6. The Balaban J connectivity index is 1.88. The van der Waals surface area contributed by atoms with Crippen molar-refractivity contribution >= 4 is 23.0 Å². The second-order valence-corrected chi connectivity index (χ2v) is 7.16. The van der Waals surface area contributed by atoms with Crippen molar-refractivity contribution in [3.05, 3.63) is 71.0 Å². The summed E-state index contributed by atoms with van der Waals surface area (Å²) in [4.78, 5) is 5.74. The highest BCUT2D eigenvalue weighted by Gasteiger charge is 2.38. The highest BCUT2D eigenvalue weighted by atomic mass is 35.5. The summed E-state index contributed by atoms with van der Waals surface area (Å²) in [6.45, 7) is 0. The van der Waals surface area contributed by atoms with Gasteiger partial charge in [0.2, 0.25) is 0 Å². The van der Waals surface area contributed by atoms with E-state index < -0.39 is 0 Å². The number of anilines is 1. The highest BCUT2D eigenvalue weighted by Crippen LogP contribution is 2.45. The summed E-state index contributed by atoms with van der Waals surface area (Å²) in [5.41, 5.74) is 9.66. The van der Waals surface area contributed by atoms with Crippen LogP contribution in [-0.4, -0.2) is 38.5 Å². The molecular weight excluding hydrogens is 450 g/mol. The average molecular weight is 472 g/mol. The molecule has 0 atom stereocenters. The summed E-state index contributed by atoms with van der Waals surface area (Å²) in [6, 6.07) is 8.86. The van der Waals surface area contributed by atoms with Crippen LogP contribution in [0.2, 0.25) is 5.02 Å². The van der Waals surface area contributed by atoms with Gasteiger partial charge in [-0.1, -0.05) is 16.8 Å². The molecule has 11 heteroatoms. The standard InChI is InChI=1S/C22H22ClN5O5/c1-29-16-8-7-14(12-17(16)30-2)25-22-20(27(26-24)19-6-5-9-33-28(19)22)13-10-15(23)21(32-4)18(11-13)31-3/h5-12,24-25H,1-4H3.